The normalized spacial score (nSPS) is 18.1. The van der Waals surface area contributed by atoms with Gasteiger partial charge in [0.15, 0.2) is 5.96 Å². The number of likely N-dealkylation sites (tertiary alicyclic amines) is 1. The minimum absolute atomic E-state index is 0. The average molecular weight is 465 g/mol. The zero-order chi connectivity index (χ0) is 16.7. The van der Waals surface area contributed by atoms with Crippen molar-refractivity contribution in [1.82, 2.24) is 20.5 Å². The third kappa shape index (κ3) is 7.23. The standard InChI is InChI=1S/C17H31N5S.HI/c1-13-6-9-22(10-7-13)14(2)11-21-17(18-4)19-8-5-16-20-12-15(3)23-16;/h12-14H,5-11H2,1-4H3,(H2,18,19,21);1H. The van der Waals surface area contributed by atoms with Gasteiger partial charge in [0.1, 0.15) is 0 Å². The zero-order valence-corrected chi connectivity index (χ0v) is 18.5. The molecule has 1 unspecified atom stereocenters. The molecule has 0 aliphatic carbocycles. The van der Waals surface area contributed by atoms with E-state index >= 15 is 0 Å². The summed E-state index contributed by atoms with van der Waals surface area (Å²) in [7, 11) is 1.83. The van der Waals surface area contributed by atoms with Gasteiger partial charge in [0.05, 0.1) is 5.01 Å². The van der Waals surface area contributed by atoms with Crippen molar-refractivity contribution in [2.75, 3.05) is 33.2 Å². The summed E-state index contributed by atoms with van der Waals surface area (Å²) in [6.45, 7) is 11.0. The first-order valence-corrected chi connectivity index (χ1v) is 9.50. The van der Waals surface area contributed by atoms with E-state index in [1.54, 1.807) is 11.3 Å². The molecule has 0 radical (unpaired) electrons. The maximum Gasteiger partial charge on any atom is 0.191 e. The van der Waals surface area contributed by atoms with E-state index in [1.165, 1.54) is 35.8 Å². The lowest BCUT2D eigenvalue weighted by atomic mass is 9.98. The Hall–Kier alpha value is -0.410. The average Bonchev–Trinajstić information content (AvgIpc) is 2.96. The first kappa shape index (κ1) is 21.6. The van der Waals surface area contributed by atoms with E-state index in [-0.39, 0.29) is 24.0 Å². The fourth-order valence-corrected chi connectivity index (χ4v) is 3.65. The van der Waals surface area contributed by atoms with Gasteiger partial charge >= 0.3 is 0 Å². The molecule has 2 heterocycles. The Morgan fingerprint density at radius 2 is 2.12 bits per heavy atom. The van der Waals surface area contributed by atoms with E-state index in [2.05, 4.69) is 46.3 Å². The van der Waals surface area contributed by atoms with Gasteiger partial charge in [-0.15, -0.1) is 35.3 Å². The Labute approximate surface area is 167 Å². The molecule has 5 nitrogen and oxygen atoms in total. The minimum Gasteiger partial charge on any atom is -0.356 e. The maximum absolute atomic E-state index is 4.39. The molecule has 0 amide bonds. The molecule has 1 atom stereocenters. The second kappa shape index (κ2) is 11.3. The molecule has 0 bridgehead atoms. The first-order chi connectivity index (χ1) is 11.1. The van der Waals surface area contributed by atoms with Gasteiger partial charge in [0.25, 0.3) is 0 Å². The van der Waals surface area contributed by atoms with Gasteiger partial charge in [-0.1, -0.05) is 6.92 Å². The lowest BCUT2D eigenvalue weighted by molar-refractivity contribution is 0.147. The molecule has 24 heavy (non-hydrogen) atoms. The fourth-order valence-electron chi connectivity index (χ4n) is 2.87. The van der Waals surface area contributed by atoms with Crippen LogP contribution in [0.1, 0.15) is 36.6 Å². The van der Waals surface area contributed by atoms with E-state index in [0.717, 1.165) is 31.4 Å². The molecule has 1 aromatic heterocycles. The highest BCUT2D eigenvalue weighted by molar-refractivity contribution is 14.0. The number of aromatic nitrogens is 1. The third-order valence-corrected chi connectivity index (χ3v) is 5.50. The minimum atomic E-state index is 0. The number of nitrogens with zero attached hydrogens (tertiary/aromatic N) is 3. The summed E-state index contributed by atoms with van der Waals surface area (Å²) >= 11 is 1.77. The van der Waals surface area contributed by atoms with Gasteiger partial charge in [-0.25, -0.2) is 4.98 Å². The van der Waals surface area contributed by atoms with Crippen molar-refractivity contribution in [1.29, 1.82) is 0 Å². The van der Waals surface area contributed by atoms with Crippen LogP contribution in [-0.4, -0.2) is 55.1 Å². The van der Waals surface area contributed by atoms with Crippen LogP contribution in [0.15, 0.2) is 11.2 Å². The molecule has 7 heteroatoms. The predicted molar refractivity (Wildman–Crippen MR) is 115 cm³/mol. The Morgan fingerprint density at radius 1 is 1.42 bits per heavy atom. The van der Waals surface area contributed by atoms with Crippen LogP contribution in [0.5, 0.6) is 0 Å². The van der Waals surface area contributed by atoms with Crippen molar-refractivity contribution in [2.45, 2.75) is 46.1 Å². The summed E-state index contributed by atoms with van der Waals surface area (Å²) in [5, 5.41) is 8.01. The van der Waals surface area contributed by atoms with Crippen LogP contribution in [0.25, 0.3) is 0 Å². The van der Waals surface area contributed by atoms with Crippen molar-refractivity contribution in [3.8, 4) is 0 Å². The van der Waals surface area contributed by atoms with Crippen LogP contribution in [0.4, 0.5) is 0 Å². The summed E-state index contributed by atoms with van der Waals surface area (Å²) in [5.41, 5.74) is 0. The van der Waals surface area contributed by atoms with Crippen LogP contribution in [-0.2, 0) is 6.42 Å². The zero-order valence-electron chi connectivity index (χ0n) is 15.3. The van der Waals surface area contributed by atoms with E-state index in [9.17, 15) is 0 Å². The molecule has 0 spiro atoms. The van der Waals surface area contributed by atoms with Crippen LogP contribution in [0, 0.1) is 12.8 Å². The summed E-state index contributed by atoms with van der Waals surface area (Å²) in [6.07, 6.45) is 5.53. The molecule has 0 aromatic carbocycles. The fraction of sp³-hybridized carbons (Fsp3) is 0.765. The molecule has 1 fully saturated rings. The van der Waals surface area contributed by atoms with Crippen LogP contribution < -0.4 is 10.6 Å². The number of guanidine groups is 1. The highest BCUT2D eigenvalue weighted by Crippen LogP contribution is 2.17. The van der Waals surface area contributed by atoms with Crippen LogP contribution >= 0.6 is 35.3 Å². The number of rotatable bonds is 6. The van der Waals surface area contributed by atoms with Crippen molar-refractivity contribution in [2.24, 2.45) is 10.9 Å². The molecule has 1 aromatic rings. The number of hydrogen-bond acceptors (Lipinski definition) is 4. The molecule has 2 N–H and O–H groups in total. The topological polar surface area (TPSA) is 52.6 Å². The van der Waals surface area contributed by atoms with Gasteiger partial charge in [-0.3, -0.25) is 9.89 Å². The maximum atomic E-state index is 4.39. The summed E-state index contributed by atoms with van der Waals surface area (Å²) in [6, 6.07) is 0.544. The van der Waals surface area contributed by atoms with E-state index in [1.807, 2.05) is 13.2 Å². The second-order valence-electron chi connectivity index (χ2n) is 6.56. The molecule has 1 aliphatic rings. The smallest absolute Gasteiger partial charge is 0.191 e. The number of thiazole rings is 1. The Bertz CT molecular complexity index is 497. The molecule has 0 saturated carbocycles. The lowest BCUT2D eigenvalue weighted by Crippen LogP contribution is -2.48. The van der Waals surface area contributed by atoms with Crippen molar-refractivity contribution >= 4 is 41.3 Å². The molecule has 2 rings (SSSR count). The number of piperidine rings is 1. The quantitative estimate of drug-likeness (QED) is 0.386. The van der Waals surface area contributed by atoms with E-state index < -0.39 is 0 Å². The van der Waals surface area contributed by atoms with E-state index in [4.69, 9.17) is 0 Å². The van der Waals surface area contributed by atoms with Gasteiger partial charge < -0.3 is 10.6 Å². The monoisotopic (exact) mass is 465 g/mol. The van der Waals surface area contributed by atoms with Gasteiger partial charge in [0, 0.05) is 43.7 Å². The Balaban J connectivity index is 0.00000288. The highest BCUT2D eigenvalue weighted by Gasteiger charge is 2.20. The number of hydrogen-bond donors (Lipinski definition) is 2. The van der Waals surface area contributed by atoms with Crippen LogP contribution in [0.3, 0.4) is 0 Å². The number of aliphatic imine (C=N–C) groups is 1. The summed E-state index contributed by atoms with van der Waals surface area (Å²) in [4.78, 5) is 12.6. The molecular weight excluding hydrogens is 433 g/mol. The molecule has 138 valence electrons. The number of aryl methyl sites for hydroxylation is 1. The first-order valence-electron chi connectivity index (χ1n) is 8.68. The Kier molecular flexibility index (Phi) is 10.1. The molecule has 1 aliphatic heterocycles. The van der Waals surface area contributed by atoms with Crippen molar-refractivity contribution in [3.05, 3.63) is 16.1 Å². The molecular formula is C17H32IN5S. The van der Waals surface area contributed by atoms with Gasteiger partial charge in [0.2, 0.25) is 0 Å². The second-order valence-corrected chi connectivity index (χ2v) is 7.88. The van der Waals surface area contributed by atoms with Crippen molar-refractivity contribution in [3.63, 3.8) is 0 Å². The SMILES string of the molecule is CN=C(NCCc1ncc(C)s1)NCC(C)N1CCC(C)CC1.I. The summed E-state index contributed by atoms with van der Waals surface area (Å²) < 4.78 is 0. The van der Waals surface area contributed by atoms with Gasteiger partial charge in [-0.2, -0.15) is 0 Å². The van der Waals surface area contributed by atoms with Crippen LogP contribution in [0.2, 0.25) is 0 Å². The number of halogens is 1. The Morgan fingerprint density at radius 3 is 2.71 bits per heavy atom. The summed E-state index contributed by atoms with van der Waals surface area (Å²) in [5.74, 6) is 1.77. The third-order valence-electron chi connectivity index (χ3n) is 4.53. The highest BCUT2D eigenvalue weighted by atomic mass is 127. The van der Waals surface area contributed by atoms with Crippen molar-refractivity contribution < 1.29 is 0 Å². The van der Waals surface area contributed by atoms with Gasteiger partial charge in [-0.05, 0) is 45.7 Å². The molecule has 1 saturated heterocycles. The predicted octanol–water partition coefficient (Wildman–Crippen LogP) is 2.90. The lowest BCUT2D eigenvalue weighted by Gasteiger charge is -2.35. The number of nitrogens with one attached hydrogen (secondary N) is 2. The van der Waals surface area contributed by atoms with E-state index in [0.29, 0.717) is 6.04 Å². The largest absolute Gasteiger partial charge is 0.356 e.